The van der Waals surface area contributed by atoms with Gasteiger partial charge in [-0.25, -0.2) is 0 Å². The van der Waals surface area contributed by atoms with Crippen LogP contribution in [0.3, 0.4) is 0 Å². The number of hydrogen-bond donors (Lipinski definition) is 1. The van der Waals surface area contributed by atoms with Gasteiger partial charge >= 0.3 is 0 Å². The molecule has 2 aliphatic rings. The van der Waals surface area contributed by atoms with Gasteiger partial charge in [-0.15, -0.1) is 0 Å². The molecule has 0 bridgehead atoms. The van der Waals surface area contributed by atoms with Crippen LogP contribution in [-0.2, 0) is 0 Å². The van der Waals surface area contributed by atoms with E-state index in [1.807, 2.05) is 0 Å². The molecule has 2 unspecified atom stereocenters. The van der Waals surface area contributed by atoms with E-state index < -0.39 is 0 Å². The molecule has 1 spiro atoms. The topological polar surface area (TPSA) is 12.0 Å². The van der Waals surface area contributed by atoms with E-state index in [2.05, 4.69) is 30.9 Å². The van der Waals surface area contributed by atoms with Crippen LogP contribution in [-0.4, -0.2) is 24.6 Å². The highest BCUT2D eigenvalue weighted by molar-refractivity contribution is 7.99. The van der Waals surface area contributed by atoms with Gasteiger partial charge in [-0.2, -0.15) is 11.8 Å². The van der Waals surface area contributed by atoms with Crippen molar-refractivity contribution in [3.05, 3.63) is 0 Å². The lowest BCUT2D eigenvalue weighted by atomic mass is 9.65. The van der Waals surface area contributed by atoms with E-state index in [9.17, 15) is 0 Å². The zero-order valence-electron chi connectivity index (χ0n) is 9.51. The van der Waals surface area contributed by atoms with E-state index in [4.69, 9.17) is 0 Å². The maximum Gasteiger partial charge on any atom is -0.000709 e. The summed E-state index contributed by atoms with van der Waals surface area (Å²) in [4.78, 5) is 0. The largest absolute Gasteiger partial charge is 0.316 e. The minimum absolute atomic E-state index is 0.697. The summed E-state index contributed by atoms with van der Waals surface area (Å²) in [6.45, 7) is 7.32. The SMILES string of the molecule is CC(C)C1CNCCC12CCCSC2. The molecule has 0 aromatic rings. The Morgan fingerprint density at radius 1 is 1.36 bits per heavy atom. The molecule has 1 N–H and O–H groups in total. The second-order valence-electron chi connectivity index (χ2n) is 5.32. The monoisotopic (exact) mass is 213 g/mol. The van der Waals surface area contributed by atoms with E-state index in [0.717, 1.165) is 11.8 Å². The lowest BCUT2D eigenvalue weighted by molar-refractivity contribution is 0.0819. The van der Waals surface area contributed by atoms with Gasteiger partial charge in [0.15, 0.2) is 0 Å². The van der Waals surface area contributed by atoms with Gasteiger partial charge < -0.3 is 5.32 Å². The fourth-order valence-electron chi connectivity index (χ4n) is 3.30. The van der Waals surface area contributed by atoms with Gasteiger partial charge in [0.2, 0.25) is 0 Å². The molecule has 82 valence electrons. The highest BCUT2D eigenvalue weighted by Crippen LogP contribution is 2.47. The average Bonchev–Trinajstić information content (AvgIpc) is 2.19. The van der Waals surface area contributed by atoms with Crippen molar-refractivity contribution in [2.24, 2.45) is 17.3 Å². The maximum atomic E-state index is 3.58. The fraction of sp³-hybridized carbons (Fsp3) is 1.00. The van der Waals surface area contributed by atoms with Crippen molar-refractivity contribution in [1.29, 1.82) is 0 Å². The summed E-state index contributed by atoms with van der Waals surface area (Å²) in [7, 11) is 0. The zero-order chi connectivity index (χ0) is 10.0. The van der Waals surface area contributed by atoms with Crippen molar-refractivity contribution in [1.82, 2.24) is 5.32 Å². The molecule has 0 aliphatic carbocycles. The van der Waals surface area contributed by atoms with Gasteiger partial charge in [0, 0.05) is 0 Å². The molecule has 0 radical (unpaired) electrons. The third kappa shape index (κ3) is 1.96. The predicted octanol–water partition coefficient (Wildman–Crippen LogP) is 2.77. The molecule has 2 saturated heterocycles. The maximum absolute atomic E-state index is 3.58. The molecule has 2 rings (SSSR count). The van der Waals surface area contributed by atoms with Crippen molar-refractivity contribution in [2.45, 2.75) is 33.1 Å². The van der Waals surface area contributed by atoms with Gasteiger partial charge in [0.25, 0.3) is 0 Å². The summed E-state index contributed by atoms with van der Waals surface area (Å²) in [5.74, 6) is 4.60. The molecule has 2 atom stereocenters. The van der Waals surface area contributed by atoms with Gasteiger partial charge in [-0.05, 0) is 61.1 Å². The van der Waals surface area contributed by atoms with E-state index in [1.165, 1.54) is 43.9 Å². The summed E-state index contributed by atoms with van der Waals surface area (Å²) in [6.07, 6.45) is 4.36. The number of nitrogens with one attached hydrogen (secondary N) is 1. The van der Waals surface area contributed by atoms with Crippen molar-refractivity contribution in [3.8, 4) is 0 Å². The first kappa shape index (κ1) is 10.8. The zero-order valence-corrected chi connectivity index (χ0v) is 10.3. The van der Waals surface area contributed by atoms with E-state index >= 15 is 0 Å². The van der Waals surface area contributed by atoms with Crippen LogP contribution in [0.1, 0.15) is 33.1 Å². The van der Waals surface area contributed by atoms with E-state index in [1.54, 1.807) is 0 Å². The highest BCUT2D eigenvalue weighted by atomic mass is 32.2. The number of piperidine rings is 1. The summed E-state index contributed by atoms with van der Waals surface area (Å²) < 4.78 is 0. The molecule has 2 heteroatoms. The average molecular weight is 213 g/mol. The first-order chi connectivity index (χ1) is 6.75. The van der Waals surface area contributed by atoms with E-state index in [0.29, 0.717) is 5.41 Å². The van der Waals surface area contributed by atoms with Crippen LogP contribution in [0.5, 0.6) is 0 Å². The number of thioether (sulfide) groups is 1. The molecule has 14 heavy (non-hydrogen) atoms. The minimum Gasteiger partial charge on any atom is -0.316 e. The molecule has 0 aromatic heterocycles. The van der Waals surface area contributed by atoms with Crippen molar-refractivity contribution in [3.63, 3.8) is 0 Å². The Morgan fingerprint density at radius 3 is 2.86 bits per heavy atom. The quantitative estimate of drug-likeness (QED) is 0.719. The molecule has 2 fully saturated rings. The third-order valence-electron chi connectivity index (χ3n) is 4.11. The van der Waals surface area contributed by atoms with Crippen LogP contribution in [0.25, 0.3) is 0 Å². The summed E-state index contributed by atoms with van der Waals surface area (Å²) in [5.41, 5.74) is 0.697. The molecule has 1 nitrogen and oxygen atoms in total. The Hall–Kier alpha value is 0.310. The summed E-state index contributed by atoms with van der Waals surface area (Å²) >= 11 is 2.19. The Balaban J connectivity index is 2.10. The van der Waals surface area contributed by atoms with Crippen LogP contribution in [0.4, 0.5) is 0 Å². The lowest BCUT2D eigenvalue weighted by Gasteiger charge is -2.48. The fourth-order valence-corrected chi connectivity index (χ4v) is 4.71. The van der Waals surface area contributed by atoms with Gasteiger partial charge in [-0.3, -0.25) is 0 Å². The van der Waals surface area contributed by atoms with Crippen molar-refractivity contribution < 1.29 is 0 Å². The van der Waals surface area contributed by atoms with Gasteiger partial charge in [-0.1, -0.05) is 13.8 Å². The Morgan fingerprint density at radius 2 is 2.21 bits per heavy atom. The van der Waals surface area contributed by atoms with Crippen molar-refractivity contribution >= 4 is 11.8 Å². The Kier molecular flexibility index (Phi) is 3.43. The molecule has 2 aliphatic heterocycles. The van der Waals surface area contributed by atoms with Crippen LogP contribution in [0.15, 0.2) is 0 Å². The predicted molar refractivity (Wildman–Crippen MR) is 64.8 cm³/mol. The molecule has 0 amide bonds. The second kappa shape index (κ2) is 4.44. The standard InChI is InChI=1S/C12H23NS/c1-10(2)11-8-13-6-5-12(11)4-3-7-14-9-12/h10-11,13H,3-9H2,1-2H3. The molecule has 2 heterocycles. The molecule has 0 aromatic carbocycles. The van der Waals surface area contributed by atoms with Crippen molar-refractivity contribution in [2.75, 3.05) is 24.6 Å². The molecule has 0 saturated carbocycles. The van der Waals surface area contributed by atoms with Gasteiger partial charge in [0.1, 0.15) is 0 Å². The lowest BCUT2D eigenvalue weighted by Crippen LogP contribution is -2.49. The first-order valence-corrected chi connectivity index (χ1v) is 7.18. The smallest absolute Gasteiger partial charge is 0.000709 e. The Labute approximate surface area is 92.4 Å². The Bertz CT molecular complexity index is 176. The van der Waals surface area contributed by atoms with Crippen LogP contribution in [0.2, 0.25) is 0 Å². The van der Waals surface area contributed by atoms with Gasteiger partial charge in [0.05, 0.1) is 0 Å². The number of hydrogen-bond acceptors (Lipinski definition) is 2. The van der Waals surface area contributed by atoms with Crippen LogP contribution >= 0.6 is 11.8 Å². The first-order valence-electron chi connectivity index (χ1n) is 6.03. The summed E-state index contributed by atoms with van der Waals surface area (Å²) in [6, 6.07) is 0. The van der Waals surface area contributed by atoms with Crippen LogP contribution in [0, 0.1) is 17.3 Å². The molecular formula is C12H23NS. The summed E-state index contributed by atoms with van der Waals surface area (Å²) in [5, 5.41) is 3.58. The molecular weight excluding hydrogens is 190 g/mol. The van der Waals surface area contributed by atoms with Crippen LogP contribution < -0.4 is 5.32 Å². The van der Waals surface area contributed by atoms with E-state index in [-0.39, 0.29) is 0 Å². The number of rotatable bonds is 1. The minimum atomic E-state index is 0.697. The third-order valence-corrected chi connectivity index (χ3v) is 5.46. The normalized spacial score (nSPS) is 39.2. The second-order valence-corrected chi connectivity index (χ2v) is 6.43. The highest BCUT2D eigenvalue weighted by Gasteiger charge is 2.42.